The summed E-state index contributed by atoms with van der Waals surface area (Å²) in [5.74, 6) is 0.989. The third kappa shape index (κ3) is 4.72. The minimum Gasteiger partial charge on any atom is -0.496 e. The highest BCUT2D eigenvalue weighted by Crippen LogP contribution is 2.40. The molecule has 0 heterocycles. The van der Waals surface area contributed by atoms with Gasteiger partial charge in [-0.15, -0.1) is 0 Å². The second-order valence-corrected chi connectivity index (χ2v) is 8.15. The van der Waals surface area contributed by atoms with Crippen molar-refractivity contribution in [3.05, 3.63) is 28.8 Å². The van der Waals surface area contributed by atoms with Crippen molar-refractivity contribution < 1.29 is 9.84 Å². The monoisotopic (exact) mass is 307 g/mol. The van der Waals surface area contributed by atoms with Crippen molar-refractivity contribution in [3.8, 4) is 5.75 Å². The number of hydrogen-bond donors (Lipinski definition) is 2. The predicted octanol–water partition coefficient (Wildman–Crippen LogP) is 3.54. The fourth-order valence-electron chi connectivity index (χ4n) is 2.62. The molecule has 0 aliphatic carbocycles. The van der Waals surface area contributed by atoms with Crippen molar-refractivity contribution in [2.75, 3.05) is 13.7 Å². The Morgan fingerprint density at radius 2 is 1.50 bits per heavy atom. The average molecular weight is 307 g/mol. The van der Waals surface area contributed by atoms with Gasteiger partial charge < -0.3 is 15.6 Å². The molecule has 126 valence electrons. The molecule has 0 aromatic heterocycles. The number of methoxy groups -OCH3 is 1. The van der Waals surface area contributed by atoms with Gasteiger partial charge in [-0.3, -0.25) is 0 Å². The van der Waals surface area contributed by atoms with Crippen molar-refractivity contribution >= 4 is 0 Å². The molecule has 1 aromatic rings. The molecule has 1 unspecified atom stereocenters. The molecule has 22 heavy (non-hydrogen) atoms. The van der Waals surface area contributed by atoms with Crippen LogP contribution in [-0.4, -0.2) is 24.9 Å². The van der Waals surface area contributed by atoms with Gasteiger partial charge in [0.1, 0.15) is 5.75 Å². The van der Waals surface area contributed by atoms with E-state index >= 15 is 0 Å². The maximum Gasteiger partial charge on any atom is 0.126 e. The molecule has 0 radical (unpaired) electrons. The molecule has 1 rings (SSSR count). The van der Waals surface area contributed by atoms with Gasteiger partial charge in [-0.2, -0.15) is 0 Å². The van der Waals surface area contributed by atoms with Gasteiger partial charge in [-0.05, 0) is 29.2 Å². The Kier molecular flexibility index (Phi) is 6.05. The van der Waals surface area contributed by atoms with Crippen LogP contribution in [0.3, 0.4) is 0 Å². The molecule has 0 aliphatic rings. The van der Waals surface area contributed by atoms with Crippen LogP contribution in [0.25, 0.3) is 0 Å². The first-order valence-corrected chi connectivity index (χ1v) is 8.10. The highest BCUT2D eigenvalue weighted by Gasteiger charge is 2.27. The first kappa shape index (κ1) is 19.0. The van der Waals surface area contributed by atoms with Crippen LogP contribution < -0.4 is 10.5 Å². The first-order chi connectivity index (χ1) is 10.0. The molecule has 0 bridgehead atoms. The normalized spacial score (nSPS) is 14.0. The number of aryl methyl sites for hydroxylation is 1. The van der Waals surface area contributed by atoms with E-state index in [1.54, 1.807) is 7.11 Å². The van der Waals surface area contributed by atoms with Gasteiger partial charge in [0.05, 0.1) is 13.2 Å². The molecule has 0 amide bonds. The van der Waals surface area contributed by atoms with Crippen LogP contribution in [0.1, 0.15) is 64.7 Å². The number of rotatable bonds is 5. The Morgan fingerprint density at radius 3 is 1.82 bits per heavy atom. The summed E-state index contributed by atoms with van der Waals surface area (Å²) in [6.07, 6.45) is 1.09. The minimum atomic E-state index is -0.432. The Hall–Kier alpha value is -1.06. The van der Waals surface area contributed by atoms with Gasteiger partial charge in [0.25, 0.3) is 0 Å². The molecule has 0 aliphatic heterocycles. The molecular formula is C19H33NO2. The van der Waals surface area contributed by atoms with Gasteiger partial charge in [-0.25, -0.2) is 0 Å². The van der Waals surface area contributed by atoms with Crippen molar-refractivity contribution in [1.29, 1.82) is 0 Å². The van der Waals surface area contributed by atoms with Crippen LogP contribution in [0.5, 0.6) is 5.75 Å². The Morgan fingerprint density at radius 1 is 1.05 bits per heavy atom. The topological polar surface area (TPSA) is 55.5 Å². The zero-order chi connectivity index (χ0) is 17.1. The number of aliphatic hydroxyl groups excluding tert-OH is 1. The Labute approximate surface area is 135 Å². The standard InChI is InChI=1S/C19H33NO2/c1-18(2,3)15-10-13(8-9-14(21)12-20)11-16(17(15)22-7)19(4,5)6/h10-11,14,21H,8-9,12,20H2,1-7H3. The van der Waals surface area contributed by atoms with E-state index < -0.39 is 6.10 Å². The second-order valence-electron chi connectivity index (χ2n) is 8.15. The lowest BCUT2D eigenvalue weighted by atomic mass is 9.78. The summed E-state index contributed by atoms with van der Waals surface area (Å²) in [6, 6.07) is 4.44. The Balaban J connectivity index is 3.37. The molecular weight excluding hydrogens is 274 g/mol. The summed E-state index contributed by atoms with van der Waals surface area (Å²) < 4.78 is 5.76. The van der Waals surface area contributed by atoms with Gasteiger partial charge in [-0.1, -0.05) is 53.7 Å². The summed E-state index contributed by atoms with van der Waals surface area (Å²) in [5.41, 5.74) is 9.21. The number of ether oxygens (including phenoxy) is 1. The highest BCUT2D eigenvalue weighted by molar-refractivity contribution is 5.50. The van der Waals surface area contributed by atoms with E-state index in [0.717, 1.165) is 12.2 Å². The van der Waals surface area contributed by atoms with Crippen LogP contribution in [0.4, 0.5) is 0 Å². The third-order valence-electron chi connectivity index (χ3n) is 4.01. The fraction of sp³-hybridized carbons (Fsp3) is 0.684. The molecule has 3 heteroatoms. The molecule has 3 N–H and O–H groups in total. The molecule has 0 spiro atoms. The molecule has 0 fully saturated rings. The molecule has 1 atom stereocenters. The van der Waals surface area contributed by atoms with E-state index in [0.29, 0.717) is 13.0 Å². The van der Waals surface area contributed by atoms with E-state index in [1.165, 1.54) is 16.7 Å². The lowest BCUT2D eigenvalue weighted by Crippen LogP contribution is -2.21. The van der Waals surface area contributed by atoms with Crippen LogP contribution in [0.2, 0.25) is 0 Å². The Bertz CT molecular complexity index is 460. The van der Waals surface area contributed by atoms with E-state index in [-0.39, 0.29) is 10.8 Å². The lowest BCUT2D eigenvalue weighted by molar-refractivity contribution is 0.173. The average Bonchev–Trinajstić information content (AvgIpc) is 2.41. The smallest absolute Gasteiger partial charge is 0.126 e. The van der Waals surface area contributed by atoms with Gasteiger partial charge in [0.15, 0.2) is 0 Å². The summed E-state index contributed by atoms with van der Waals surface area (Å²) in [4.78, 5) is 0. The molecule has 0 saturated heterocycles. The number of benzene rings is 1. The van der Waals surface area contributed by atoms with Crippen molar-refractivity contribution in [2.45, 2.75) is 71.3 Å². The molecule has 1 aromatic carbocycles. The fourth-order valence-corrected chi connectivity index (χ4v) is 2.62. The van der Waals surface area contributed by atoms with Crippen molar-refractivity contribution in [2.24, 2.45) is 5.73 Å². The summed E-state index contributed by atoms with van der Waals surface area (Å²) in [5, 5.41) is 9.73. The van der Waals surface area contributed by atoms with Gasteiger partial charge in [0.2, 0.25) is 0 Å². The van der Waals surface area contributed by atoms with Crippen LogP contribution in [0.15, 0.2) is 12.1 Å². The molecule has 0 saturated carbocycles. The van der Waals surface area contributed by atoms with E-state index in [9.17, 15) is 5.11 Å². The lowest BCUT2D eigenvalue weighted by Gasteiger charge is -2.30. The summed E-state index contributed by atoms with van der Waals surface area (Å²) >= 11 is 0. The highest BCUT2D eigenvalue weighted by atomic mass is 16.5. The van der Waals surface area contributed by atoms with Crippen LogP contribution in [-0.2, 0) is 17.3 Å². The SMILES string of the molecule is COc1c(C(C)(C)C)cc(CCC(O)CN)cc1C(C)(C)C. The predicted molar refractivity (Wildman–Crippen MR) is 93.8 cm³/mol. The second kappa shape index (κ2) is 7.01. The van der Waals surface area contributed by atoms with Crippen LogP contribution in [0, 0.1) is 0 Å². The maximum atomic E-state index is 9.73. The van der Waals surface area contributed by atoms with Gasteiger partial charge >= 0.3 is 0 Å². The number of nitrogens with two attached hydrogens (primary N) is 1. The van der Waals surface area contributed by atoms with Gasteiger partial charge in [0, 0.05) is 17.7 Å². The van der Waals surface area contributed by atoms with E-state index in [1.807, 2.05) is 0 Å². The zero-order valence-corrected chi connectivity index (χ0v) is 15.3. The zero-order valence-electron chi connectivity index (χ0n) is 15.3. The first-order valence-electron chi connectivity index (χ1n) is 8.10. The largest absolute Gasteiger partial charge is 0.496 e. The number of aliphatic hydroxyl groups is 1. The molecule has 3 nitrogen and oxygen atoms in total. The quantitative estimate of drug-likeness (QED) is 0.875. The summed E-state index contributed by atoms with van der Waals surface area (Å²) in [6.45, 7) is 13.5. The summed E-state index contributed by atoms with van der Waals surface area (Å²) in [7, 11) is 1.75. The number of hydrogen-bond acceptors (Lipinski definition) is 3. The van der Waals surface area contributed by atoms with E-state index in [4.69, 9.17) is 10.5 Å². The maximum absolute atomic E-state index is 9.73. The van der Waals surface area contributed by atoms with Crippen molar-refractivity contribution in [3.63, 3.8) is 0 Å². The van der Waals surface area contributed by atoms with E-state index in [2.05, 4.69) is 53.7 Å². The third-order valence-corrected chi connectivity index (χ3v) is 4.01. The minimum absolute atomic E-state index is 0.00777. The van der Waals surface area contributed by atoms with Crippen molar-refractivity contribution in [1.82, 2.24) is 0 Å². The van der Waals surface area contributed by atoms with Crippen LogP contribution >= 0.6 is 0 Å².